The van der Waals surface area contributed by atoms with Gasteiger partial charge in [-0.2, -0.15) is 0 Å². The number of hydrogen-bond acceptors (Lipinski definition) is 3. The van der Waals surface area contributed by atoms with E-state index in [0.29, 0.717) is 17.8 Å². The van der Waals surface area contributed by atoms with Crippen LogP contribution in [-0.2, 0) is 0 Å². The van der Waals surface area contributed by atoms with Gasteiger partial charge in [0.1, 0.15) is 0 Å². The number of nitrogens with zero attached hydrogens (tertiary/aromatic N) is 1. The molecule has 0 saturated heterocycles. The lowest BCUT2D eigenvalue weighted by Gasteiger charge is -2.26. The maximum Gasteiger partial charge on any atom is 0.0951 e. The molecule has 2 rings (SSSR count). The standard InChI is InChI=1S/C17H25N3/c1-11(2)14(12(3)4)10-20-16-8-9-19-17-13(16)6-5-7-15(17)18/h5-9,11-12,14H,10,18H2,1-4H3,(H,19,20). The first-order chi connectivity index (χ1) is 9.50. The number of pyridine rings is 1. The largest absolute Gasteiger partial charge is 0.397 e. The Morgan fingerprint density at radius 1 is 1.10 bits per heavy atom. The highest BCUT2D eigenvalue weighted by Crippen LogP contribution is 2.27. The molecule has 0 bridgehead atoms. The molecule has 20 heavy (non-hydrogen) atoms. The van der Waals surface area contributed by atoms with Crippen molar-refractivity contribution in [2.45, 2.75) is 27.7 Å². The molecule has 0 amide bonds. The third-order valence-corrected chi connectivity index (χ3v) is 4.04. The van der Waals surface area contributed by atoms with Crippen molar-refractivity contribution in [1.82, 2.24) is 4.98 Å². The zero-order valence-corrected chi connectivity index (χ0v) is 12.9. The Morgan fingerprint density at radius 2 is 1.80 bits per heavy atom. The van der Waals surface area contributed by atoms with Crippen LogP contribution in [0.5, 0.6) is 0 Å². The van der Waals surface area contributed by atoms with E-state index in [1.165, 1.54) is 0 Å². The molecule has 2 aromatic rings. The van der Waals surface area contributed by atoms with E-state index >= 15 is 0 Å². The van der Waals surface area contributed by atoms with Gasteiger partial charge in [0, 0.05) is 23.8 Å². The minimum atomic E-state index is 0.652. The molecule has 0 saturated carbocycles. The summed E-state index contributed by atoms with van der Waals surface area (Å²) < 4.78 is 0. The quantitative estimate of drug-likeness (QED) is 0.803. The van der Waals surface area contributed by atoms with Crippen molar-refractivity contribution in [2.75, 3.05) is 17.6 Å². The summed E-state index contributed by atoms with van der Waals surface area (Å²) in [6.45, 7) is 10.1. The van der Waals surface area contributed by atoms with Crippen LogP contribution in [0.1, 0.15) is 27.7 Å². The summed E-state index contributed by atoms with van der Waals surface area (Å²) in [5.74, 6) is 1.99. The minimum Gasteiger partial charge on any atom is -0.397 e. The van der Waals surface area contributed by atoms with Crippen molar-refractivity contribution in [1.29, 1.82) is 0 Å². The fraction of sp³-hybridized carbons (Fsp3) is 0.471. The third-order valence-electron chi connectivity index (χ3n) is 4.04. The minimum absolute atomic E-state index is 0.652. The molecule has 0 unspecified atom stereocenters. The number of fused-ring (bicyclic) bond motifs is 1. The van der Waals surface area contributed by atoms with Gasteiger partial charge in [0.05, 0.1) is 11.2 Å². The van der Waals surface area contributed by atoms with Gasteiger partial charge in [0.25, 0.3) is 0 Å². The smallest absolute Gasteiger partial charge is 0.0951 e. The predicted molar refractivity (Wildman–Crippen MR) is 87.8 cm³/mol. The molecular formula is C17H25N3. The fourth-order valence-corrected chi connectivity index (χ4v) is 2.82. The number of benzene rings is 1. The molecule has 0 radical (unpaired) electrons. The number of aromatic nitrogens is 1. The van der Waals surface area contributed by atoms with Crippen LogP contribution in [0.25, 0.3) is 10.9 Å². The summed E-state index contributed by atoms with van der Waals surface area (Å²) in [7, 11) is 0. The van der Waals surface area contributed by atoms with Gasteiger partial charge in [-0.25, -0.2) is 0 Å². The van der Waals surface area contributed by atoms with Crippen LogP contribution < -0.4 is 11.1 Å². The van der Waals surface area contributed by atoms with Gasteiger partial charge < -0.3 is 11.1 Å². The number of hydrogen-bond donors (Lipinski definition) is 2. The summed E-state index contributed by atoms with van der Waals surface area (Å²) in [6.07, 6.45) is 1.82. The van der Waals surface area contributed by atoms with Crippen LogP contribution in [0.4, 0.5) is 11.4 Å². The van der Waals surface area contributed by atoms with Gasteiger partial charge in [0.15, 0.2) is 0 Å². The Morgan fingerprint density at radius 3 is 2.45 bits per heavy atom. The SMILES string of the molecule is CC(C)C(CNc1ccnc2c(N)cccc12)C(C)C. The van der Waals surface area contributed by atoms with E-state index in [1.54, 1.807) is 0 Å². The van der Waals surface area contributed by atoms with Gasteiger partial charge in [-0.3, -0.25) is 4.98 Å². The van der Waals surface area contributed by atoms with Crippen LogP contribution in [0.3, 0.4) is 0 Å². The van der Waals surface area contributed by atoms with Crippen molar-refractivity contribution < 1.29 is 0 Å². The molecule has 1 aromatic heterocycles. The van der Waals surface area contributed by atoms with E-state index in [2.05, 4.69) is 44.1 Å². The van der Waals surface area contributed by atoms with E-state index in [-0.39, 0.29) is 0 Å². The molecule has 0 aliphatic carbocycles. The first-order valence-corrected chi connectivity index (χ1v) is 7.37. The second kappa shape index (κ2) is 6.12. The van der Waals surface area contributed by atoms with E-state index in [1.807, 2.05) is 24.4 Å². The van der Waals surface area contributed by atoms with Crippen molar-refractivity contribution in [3.63, 3.8) is 0 Å². The lowest BCUT2D eigenvalue weighted by atomic mass is 9.85. The van der Waals surface area contributed by atoms with Crippen molar-refractivity contribution in [3.05, 3.63) is 30.5 Å². The number of nitrogens with two attached hydrogens (primary N) is 1. The monoisotopic (exact) mass is 271 g/mol. The molecule has 0 fully saturated rings. The second-order valence-electron chi connectivity index (χ2n) is 6.13. The lowest BCUT2D eigenvalue weighted by molar-refractivity contribution is 0.304. The summed E-state index contributed by atoms with van der Waals surface area (Å²) in [6, 6.07) is 7.97. The molecule has 3 nitrogen and oxygen atoms in total. The number of nitrogens with one attached hydrogen (secondary N) is 1. The highest BCUT2D eigenvalue weighted by atomic mass is 14.9. The molecule has 1 heterocycles. The number of rotatable bonds is 5. The Labute approximate surface area is 121 Å². The van der Waals surface area contributed by atoms with Gasteiger partial charge in [-0.05, 0) is 29.9 Å². The Hall–Kier alpha value is -1.77. The van der Waals surface area contributed by atoms with Crippen LogP contribution in [0.15, 0.2) is 30.5 Å². The van der Waals surface area contributed by atoms with Crippen LogP contribution in [-0.4, -0.2) is 11.5 Å². The molecule has 0 aliphatic heterocycles. The zero-order chi connectivity index (χ0) is 14.7. The summed E-state index contributed by atoms with van der Waals surface area (Å²) in [5.41, 5.74) is 8.72. The van der Waals surface area contributed by atoms with Crippen molar-refractivity contribution >= 4 is 22.3 Å². The van der Waals surface area contributed by atoms with Gasteiger partial charge in [-0.1, -0.05) is 39.8 Å². The predicted octanol–water partition coefficient (Wildman–Crippen LogP) is 4.16. The van der Waals surface area contributed by atoms with Crippen LogP contribution >= 0.6 is 0 Å². The molecule has 0 aliphatic rings. The molecular weight excluding hydrogens is 246 g/mol. The highest BCUT2D eigenvalue weighted by Gasteiger charge is 2.17. The van der Waals surface area contributed by atoms with Crippen molar-refractivity contribution in [2.24, 2.45) is 17.8 Å². The Bertz CT molecular complexity index is 567. The summed E-state index contributed by atoms with van der Waals surface area (Å²) in [5, 5.41) is 4.68. The van der Waals surface area contributed by atoms with Gasteiger partial charge in [0.2, 0.25) is 0 Å². The molecule has 0 atom stereocenters. The van der Waals surface area contributed by atoms with E-state index in [9.17, 15) is 0 Å². The fourth-order valence-electron chi connectivity index (χ4n) is 2.82. The Balaban J connectivity index is 2.24. The average molecular weight is 271 g/mol. The summed E-state index contributed by atoms with van der Waals surface area (Å²) >= 11 is 0. The lowest BCUT2D eigenvalue weighted by Crippen LogP contribution is -2.24. The van der Waals surface area contributed by atoms with E-state index < -0.39 is 0 Å². The highest BCUT2D eigenvalue weighted by molar-refractivity contribution is 5.97. The Kier molecular flexibility index (Phi) is 4.48. The molecule has 108 valence electrons. The van der Waals surface area contributed by atoms with Gasteiger partial charge >= 0.3 is 0 Å². The van der Waals surface area contributed by atoms with E-state index in [4.69, 9.17) is 5.73 Å². The van der Waals surface area contributed by atoms with Crippen LogP contribution in [0.2, 0.25) is 0 Å². The maximum atomic E-state index is 5.99. The second-order valence-corrected chi connectivity index (χ2v) is 6.13. The van der Waals surface area contributed by atoms with E-state index in [0.717, 1.165) is 28.8 Å². The first-order valence-electron chi connectivity index (χ1n) is 7.37. The van der Waals surface area contributed by atoms with Crippen molar-refractivity contribution in [3.8, 4) is 0 Å². The average Bonchev–Trinajstić information content (AvgIpc) is 2.39. The molecule has 1 aromatic carbocycles. The number of nitrogen functional groups attached to an aromatic ring is 1. The van der Waals surface area contributed by atoms with Crippen LogP contribution in [0, 0.1) is 17.8 Å². The normalized spacial score (nSPS) is 11.8. The van der Waals surface area contributed by atoms with Gasteiger partial charge in [-0.15, -0.1) is 0 Å². The number of anilines is 2. The molecule has 3 heteroatoms. The zero-order valence-electron chi connectivity index (χ0n) is 12.9. The molecule has 0 spiro atoms. The number of para-hydroxylation sites is 1. The third kappa shape index (κ3) is 3.03. The topological polar surface area (TPSA) is 50.9 Å². The molecule has 3 N–H and O–H groups in total. The maximum absolute atomic E-state index is 5.99. The summed E-state index contributed by atoms with van der Waals surface area (Å²) in [4.78, 5) is 4.37. The first kappa shape index (κ1) is 14.6.